The molecule has 3 N–H and O–H groups in total. The van der Waals surface area contributed by atoms with Crippen LogP contribution in [0, 0.1) is 0 Å². The topological polar surface area (TPSA) is 100 Å². The van der Waals surface area contributed by atoms with Crippen LogP contribution in [0.5, 0.6) is 0 Å². The van der Waals surface area contributed by atoms with E-state index in [0.717, 1.165) is 72.2 Å². The van der Waals surface area contributed by atoms with E-state index < -0.39 is 6.29 Å². The van der Waals surface area contributed by atoms with Crippen LogP contribution in [0.4, 0.5) is 0 Å². The van der Waals surface area contributed by atoms with Gasteiger partial charge in [0.15, 0.2) is 6.29 Å². The zero-order valence-corrected chi connectivity index (χ0v) is 28.9. The van der Waals surface area contributed by atoms with Crippen LogP contribution in [0.3, 0.4) is 0 Å². The van der Waals surface area contributed by atoms with Gasteiger partial charge in [-0.25, -0.2) is 0 Å². The van der Waals surface area contributed by atoms with Crippen molar-refractivity contribution in [2.45, 2.75) is 102 Å². The summed E-state index contributed by atoms with van der Waals surface area (Å²) in [5.74, 6) is 0.0205. The van der Waals surface area contributed by atoms with Crippen molar-refractivity contribution in [3.63, 3.8) is 0 Å². The van der Waals surface area contributed by atoms with Crippen LogP contribution < -0.4 is 10.6 Å². The van der Waals surface area contributed by atoms with Crippen molar-refractivity contribution < 1.29 is 24.2 Å². The molecule has 2 fully saturated rings. The van der Waals surface area contributed by atoms with Crippen LogP contribution in [0.25, 0.3) is 11.1 Å². The summed E-state index contributed by atoms with van der Waals surface area (Å²) in [6, 6.07) is 25.3. The summed E-state index contributed by atoms with van der Waals surface area (Å²) in [5, 5.41) is 15.4. The van der Waals surface area contributed by atoms with Crippen molar-refractivity contribution in [1.29, 1.82) is 0 Å². The molecule has 3 atom stereocenters. The van der Waals surface area contributed by atoms with E-state index in [2.05, 4.69) is 70.6 Å². The highest BCUT2D eigenvalue weighted by Crippen LogP contribution is 2.39. The summed E-state index contributed by atoms with van der Waals surface area (Å²) < 4.78 is 13.3. The largest absolute Gasteiger partial charge is 0.392 e. The van der Waals surface area contributed by atoms with Crippen LogP contribution in [0.1, 0.15) is 99.4 Å². The second-order valence-electron chi connectivity index (χ2n) is 13.4. The minimum absolute atomic E-state index is 0.00266. The van der Waals surface area contributed by atoms with E-state index in [1.165, 1.54) is 32.6 Å². The number of aliphatic hydroxyl groups excluding tert-OH is 1. The van der Waals surface area contributed by atoms with E-state index in [1.807, 2.05) is 30.3 Å². The number of nitrogens with one attached hydrogen (secondary N) is 2. The van der Waals surface area contributed by atoms with Crippen molar-refractivity contribution in [2.75, 3.05) is 19.6 Å². The molecule has 1 aliphatic heterocycles. The van der Waals surface area contributed by atoms with Gasteiger partial charge in [0.2, 0.25) is 11.8 Å². The number of unbranched alkanes of at least 4 members (excludes halogenated alkanes) is 2. The second-order valence-corrected chi connectivity index (χ2v) is 13.4. The first-order valence-electron chi connectivity index (χ1n) is 18.0. The Kier molecular flexibility index (Phi) is 14.0. The molecule has 1 aliphatic carbocycles. The summed E-state index contributed by atoms with van der Waals surface area (Å²) in [6.45, 7) is 8.38. The van der Waals surface area contributed by atoms with Gasteiger partial charge in [0, 0.05) is 57.5 Å². The highest BCUT2D eigenvalue weighted by atomic mass is 16.7. The fourth-order valence-corrected chi connectivity index (χ4v) is 6.94. The molecule has 3 aromatic carbocycles. The number of rotatable bonds is 17. The maximum atomic E-state index is 12.4. The zero-order valence-electron chi connectivity index (χ0n) is 28.9. The summed E-state index contributed by atoms with van der Waals surface area (Å²) in [7, 11) is 0. The van der Waals surface area contributed by atoms with Gasteiger partial charge in [0.25, 0.3) is 0 Å². The molecule has 1 saturated heterocycles. The minimum Gasteiger partial charge on any atom is -0.392 e. The number of nitrogens with zero attached hydrogens (tertiary/aromatic N) is 1. The molecule has 8 nitrogen and oxygen atoms in total. The first-order chi connectivity index (χ1) is 23.9. The molecular weight excluding hydrogens is 614 g/mol. The van der Waals surface area contributed by atoms with Crippen molar-refractivity contribution in [1.82, 2.24) is 15.5 Å². The number of carbonyl (C=O) groups excluding carboxylic acids is 2. The number of benzene rings is 3. The molecule has 0 spiro atoms. The van der Waals surface area contributed by atoms with Gasteiger partial charge in [-0.15, -0.1) is 6.58 Å². The van der Waals surface area contributed by atoms with Crippen molar-refractivity contribution in [3.8, 4) is 11.1 Å². The number of hydrogen-bond donors (Lipinski definition) is 3. The third-order valence-corrected chi connectivity index (χ3v) is 9.65. The first-order valence-corrected chi connectivity index (χ1v) is 18.0. The lowest BCUT2D eigenvalue weighted by Crippen LogP contribution is -2.43. The van der Waals surface area contributed by atoms with Gasteiger partial charge in [0.1, 0.15) is 0 Å². The molecule has 8 heteroatoms. The van der Waals surface area contributed by atoms with Gasteiger partial charge in [-0.05, 0) is 59.6 Å². The Morgan fingerprint density at radius 2 is 1.65 bits per heavy atom. The smallest absolute Gasteiger partial charge is 0.220 e. The predicted octanol–water partition coefficient (Wildman–Crippen LogP) is 7.13. The average Bonchev–Trinajstić information content (AvgIpc) is 3.67. The van der Waals surface area contributed by atoms with E-state index in [-0.39, 0.29) is 30.6 Å². The third kappa shape index (κ3) is 11.1. The van der Waals surface area contributed by atoms with Gasteiger partial charge in [-0.3, -0.25) is 14.5 Å². The van der Waals surface area contributed by atoms with Gasteiger partial charge < -0.3 is 25.2 Å². The fourth-order valence-electron chi connectivity index (χ4n) is 6.94. The lowest BCUT2D eigenvalue weighted by Gasteiger charge is -2.39. The Bertz CT molecular complexity index is 1490. The van der Waals surface area contributed by atoms with Crippen LogP contribution in [-0.2, 0) is 32.2 Å². The zero-order chi connectivity index (χ0) is 34.4. The maximum absolute atomic E-state index is 12.4. The molecule has 0 bridgehead atoms. The van der Waals surface area contributed by atoms with Gasteiger partial charge >= 0.3 is 0 Å². The monoisotopic (exact) mass is 667 g/mol. The minimum atomic E-state index is -0.503. The summed E-state index contributed by atoms with van der Waals surface area (Å²) in [5.41, 5.74) is 6.16. The van der Waals surface area contributed by atoms with Crippen molar-refractivity contribution in [2.24, 2.45) is 0 Å². The second kappa shape index (κ2) is 18.8. The van der Waals surface area contributed by atoms with Crippen molar-refractivity contribution in [3.05, 3.63) is 108 Å². The standard InChI is InChI=1S/C41H53N3O5/c1-3-24-44(37-12-6-7-13-37)28-38-26-39(34-17-15-31(29-45)16-18-34)49-41(48-38)35-21-19-33(20-22-35)36-11-9-10-32(25-36)27-43-40(47)14-5-4-8-23-42-30(2)46/h3,9-11,15-22,25,37-39,41,45H,1,4-8,12-14,23-24,26-29H2,2H3,(H,42,46)(H,43,47). The maximum Gasteiger partial charge on any atom is 0.220 e. The van der Waals surface area contributed by atoms with E-state index in [1.54, 1.807) is 0 Å². The Labute approximate surface area is 291 Å². The molecule has 2 amide bonds. The third-order valence-electron chi connectivity index (χ3n) is 9.65. The Morgan fingerprint density at radius 1 is 0.898 bits per heavy atom. The lowest BCUT2D eigenvalue weighted by molar-refractivity contribution is -0.253. The highest BCUT2D eigenvalue weighted by Gasteiger charge is 2.34. The molecular formula is C41H53N3O5. The van der Waals surface area contributed by atoms with Crippen molar-refractivity contribution >= 4 is 11.8 Å². The van der Waals surface area contributed by atoms with Crippen LogP contribution >= 0.6 is 0 Å². The average molecular weight is 668 g/mol. The summed E-state index contributed by atoms with van der Waals surface area (Å²) >= 11 is 0. The number of aliphatic hydroxyl groups is 1. The van der Waals surface area contributed by atoms with Gasteiger partial charge in [-0.2, -0.15) is 0 Å². The van der Waals surface area contributed by atoms with E-state index in [9.17, 15) is 14.7 Å². The van der Waals surface area contributed by atoms with Crippen LogP contribution in [0.15, 0.2) is 85.5 Å². The molecule has 5 rings (SSSR count). The molecule has 3 unspecified atom stereocenters. The fraction of sp³-hybridized carbons (Fsp3) is 0.463. The molecule has 1 heterocycles. The molecule has 49 heavy (non-hydrogen) atoms. The number of amides is 2. The number of hydrogen-bond acceptors (Lipinski definition) is 6. The molecule has 3 aromatic rings. The summed E-state index contributed by atoms with van der Waals surface area (Å²) in [6.07, 6.45) is 10.2. The summed E-state index contributed by atoms with van der Waals surface area (Å²) in [4.78, 5) is 25.9. The highest BCUT2D eigenvalue weighted by molar-refractivity contribution is 5.76. The molecule has 2 aliphatic rings. The Balaban J connectivity index is 1.22. The first kappa shape index (κ1) is 36.5. The normalized spacial score (nSPS) is 19.5. The van der Waals surface area contributed by atoms with Crippen LogP contribution in [0.2, 0.25) is 0 Å². The van der Waals surface area contributed by atoms with E-state index in [0.29, 0.717) is 25.6 Å². The van der Waals surface area contributed by atoms with E-state index in [4.69, 9.17) is 9.47 Å². The quantitative estimate of drug-likeness (QED) is 0.105. The molecule has 262 valence electrons. The van der Waals surface area contributed by atoms with Gasteiger partial charge in [0.05, 0.1) is 18.8 Å². The van der Waals surface area contributed by atoms with E-state index >= 15 is 0 Å². The SMILES string of the molecule is C=CCN(CC1CC(c2ccc(CO)cc2)OC(c2ccc(-c3cccc(CNC(=O)CCCCCNC(C)=O)c3)cc2)O1)C1CCCC1. The number of carbonyl (C=O) groups is 2. The number of ether oxygens (including phenoxy) is 2. The Hall–Kier alpha value is -3.82. The molecule has 1 saturated carbocycles. The lowest BCUT2D eigenvalue weighted by atomic mass is 9.98. The predicted molar refractivity (Wildman–Crippen MR) is 193 cm³/mol. The van der Waals surface area contributed by atoms with Crippen LogP contribution in [-0.4, -0.2) is 53.6 Å². The Morgan fingerprint density at radius 3 is 2.37 bits per heavy atom. The molecule has 0 radical (unpaired) electrons. The van der Waals surface area contributed by atoms with Gasteiger partial charge in [-0.1, -0.05) is 92.1 Å². The molecule has 0 aromatic heterocycles.